The van der Waals surface area contributed by atoms with Gasteiger partial charge in [-0.2, -0.15) is 0 Å². The molecule has 45 heavy (non-hydrogen) atoms. The first-order chi connectivity index (χ1) is 21.8. The highest BCUT2D eigenvalue weighted by Gasteiger charge is 2.29. The SMILES string of the molecule is CC(CCN(C)C)C(=O)NC1CN(Cc2ccnc(C(=O)Nc3ccc(-c4cc5c(N6CCOCC6)ncnc5[nH]4)cc3)c2)C1. The van der Waals surface area contributed by atoms with Gasteiger partial charge in [0.05, 0.1) is 24.6 Å². The van der Waals surface area contributed by atoms with Crippen LogP contribution >= 0.6 is 0 Å². The summed E-state index contributed by atoms with van der Waals surface area (Å²) < 4.78 is 5.49. The first-order valence-electron chi connectivity index (χ1n) is 15.5. The third-order valence-electron chi connectivity index (χ3n) is 8.39. The average Bonchev–Trinajstić information content (AvgIpc) is 3.48. The Kier molecular flexibility index (Phi) is 9.34. The van der Waals surface area contributed by atoms with E-state index in [1.165, 1.54) is 0 Å². The van der Waals surface area contributed by atoms with Crippen molar-refractivity contribution in [1.29, 1.82) is 0 Å². The summed E-state index contributed by atoms with van der Waals surface area (Å²) in [7, 11) is 4.04. The van der Waals surface area contributed by atoms with Gasteiger partial charge in [-0.25, -0.2) is 9.97 Å². The molecule has 1 unspecified atom stereocenters. The molecular formula is C33H41N9O3. The molecule has 6 rings (SSSR count). The Morgan fingerprint density at radius 2 is 1.84 bits per heavy atom. The summed E-state index contributed by atoms with van der Waals surface area (Å²) in [6.45, 7) is 8.13. The third kappa shape index (κ3) is 7.47. The number of amides is 2. The molecule has 5 heterocycles. The van der Waals surface area contributed by atoms with Crippen LogP contribution in [0.15, 0.2) is 55.0 Å². The van der Waals surface area contributed by atoms with Crippen molar-refractivity contribution in [3.63, 3.8) is 0 Å². The standard InChI is InChI=1S/C33H41N9O3/c1-22(9-11-40(2)3)32(43)38-26-19-41(20-26)18-23-8-10-34-29(16-23)33(44)37-25-6-4-24(5-7-25)28-17-27-30(39-28)35-21-36-31(27)42-12-14-45-15-13-42/h4-8,10,16-17,21-22,26H,9,11-15,18-20H2,1-3H3,(H,37,44)(H,38,43)(H,35,36,39). The van der Waals surface area contributed by atoms with Gasteiger partial charge in [0.1, 0.15) is 23.5 Å². The minimum atomic E-state index is -0.263. The number of nitrogens with zero attached hydrogens (tertiary/aromatic N) is 6. The zero-order chi connectivity index (χ0) is 31.3. The molecule has 2 amide bonds. The van der Waals surface area contributed by atoms with E-state index in [1.54, 1.807) is 12.5 Å². The first kappa shape index (κ1) is 30.6. The Morgan fingerprint density at radius 3 is 2.60 bits per heavy atom. The van der Waals surface area contributed by atoms with E-state index in [-0.39, 0.29) is 23.8 Å². The number of nitrogens with one attached hydrogen (secondary N) is 3. The number of aromatic nitrogens is 4. The lowest BCUT2D eigenvalue weighted by Gasteiger charge is -2.40. The lowest BCUT2D eigenvalue weighted by atomic mass is 10.0. The number of aromatic amines is 1. The molecule has 2 aliphatic rings. The van der Waals surface area contributed by atoms with Crippen LogP contribution in [0.3, 0.4) is 0 Å². The van der Waals surface area contributed by atoms with Crippen molar-refractivity contribution < 1.29 is 14.3 Å². The van der Waals surface area contributed by atoms with Crippen LogP contribution in [-0.4, -0.2) is 108 Å². The number of pyridine rings is 1. The molecule has 0 aliphatic carbocycles. The Hall–Kier alpha value is -4.39. The highest BCUT2D eigenvalue weighted by atomic mass is 16.5. The van der Waals surface area contributed by atoms with Gasteiger partial charge in [0.2, 0.25) is 5.91 Å². The second-order valence-electron chi connectivity index (χ2n) is 12.2. The molecule has 2 saturated heterocycles. The van der Waals surface area contributed by atoms with Crippen LogP contribution in [0.4, 0.5) is 11.5 Å². The maximum Gasteiger partial charge on any atom is 0.274 e. The lowest BCUT2D eigenvalue weighted by Crippen LogP contribution is -2.59. The van der Waals surface area contributed by atoms with E-state index in [9.17, 15) is 9.59 Å². The van der Waals surface area contributed by atoms with Crippen molar-refractivity contribution in [2.75, 3.05) is 70.2 Å². The summed E-state index contributed by atoms with van der Waals surface area (Å²) in [4.78, 5) is 48.8. The fourth-order valence-corrected chi connectivity index (χ4v) is 5.71. The highest BCUT2D eigenvalue weighted by Crippen LogP contribution is 2.30. The molecule has 3 aromatic heterocycles. The molecular weight excluding hydrogens is 570 g/mol. The number of hydrogen-bond donors (Lipinski definition) is 3. The zero-order valence-corrected chi connectivity index (χ0v) is 26.1. The molecule has 0 radical (unpaired) electrons. The molecule has 12 nitrogen and oxygen atoms in total. The Morgan fingerprint density at radius 1 is 1.07 bits per heavy atom. The number of benzene rings is 1. The van der Waals surface area contributed by atoms with Crippen molar-refractivity contribution in [3.8, 4) is 11.3 Å². The van der Waals surface area contributed by atoms with E-state index in [4.69, 9.17) is 4.74 Å². The number of carbonyl (C=O) groups is 2. The fraction of sp³-hybridized carbons (Fsp3) is 0.424. The first-order valence-corrected chi connectivity index (χ1v) is 15.5. The number of morpholine rings is 1. The van der Waals surface area contributed by atoms with Gasteiger partial charge in [0.25, 0.3) is 5.91 Å². The maximum absolute atomic E-state index is 13.1. The molecule has 0 saturated carbocycles. The number of H-pyrrole nitrogens is 1. The highest BCUT2D eigenvalue weighted by molar-refractivity contribution is 6.03. The maximum atomic E-state index is 13.1. The van der Waals surface area contributed by atoms with Gasteiger partial charge >= 0.3 is 0 Å². The normalized spacial score (nSPS) is 16.5. The predicted octanol–water partition coefficient (Wildman–Crippen LogP) is 3.00. The second kappa shape index (κ2) is 13.7. The largest absolute Gasteiger partial charge is 0.378 e. The molecule has 236 valence electrons. The topological polar surface area (TPSA) is 132 Å². The molecule has 2 fully saturated rings. The van der Waals surface area contributed by atoms with Crippen LogP contribution in [0.2, 0.25) is 0 Å². The van der Waals surface area contributed by atoms with Crippen molar-refractivity contribution in [2.24, 2.45) is 5.92 Å². The predicted molar refractivity (Wildman–Crippen MR) is 174 cm³/mol. The van der Waals surface area contributed by atoms with Gasteiger partial charge in [-0.1, -0.05) is 19.1 Å². The van der Waals surface area contributed by atoms with Gasteiger partial charge in [0.15, 0.2) is 0 Å². The molecule has 12 heteroatoms. The number of carbonyl (C=O) groups excluding carboxylic acids is 2. The van der Waals surface area contributed by atoms with E-state index >= 15 is 0 Å². The van der Waals surface area contributed by atoms with Crippen LogP contribution < -0.4 is 15.5 Å². The molecule has 0 spiro atoms. The summed E-state index contributed by atoms with van der Waals surface area (Å²) in [6.07, 6.45) is 4.10. The molecule has 1 atom stereocenters. The summed E-state index contributed by atoms with van der Waals surface area (Å²) >= 11 is 0. The molecule has 0 bridgehead atoms. The minimum absolute atomic E-state index is 0.00356. The number of likely N-dealkylation sites (tertiary alicyclic amines) is 1. The van der Waals surface area contributed by atoms with E-state index in [0.717, 1.165) is 72.8 Å². The quantitative estimate of drug-likeness (QED) is 0.234. The van der Waals surface area contributed by atoms with Crippen LogP contribution in [0.25, 0.3) is 22.3 Å². The number of ether oxygens (including phenoxy) is 1. The summed E-state index contributed by atoms with van der Waals surface area (Å²) in [6, 6.07) is 13.7. The summed E-state index contributed by atoms with van der Waals surface area (Å²) in [5, 5.41) is 7.10. The van der Waals surface area contributed by atoms with Crippen LogP contribution in [0.1, 0.15) is 29.4 Å². The lowest BCUT2D eigenvalue weighted by molar-refractivity contribution is -0.126. The number of rotatable bonds is 11. The van der Waals surface area contributed by atoms with E-state index in [1.807, 2.05) is 57.4 Å². The Bertz CT molecular complexity index is 1630. The van der Waals surface area contributed by atoms with E-state index in [2.05, 4.69) is 51.3 Å². The van der Waals surface area contributed by atoms with Crippen molar-refractivity contribution in [2.45, 2.75) is 25.9 Å². The Labute approximate surface area is 263 Å². The number of hydrogen-bond acceptors (Lipinski definition) is 9. The van der Waals surface area contributed by atoms with E-state index < -0.39 is 0 Å². The fourth-order valence-electron chi connectivity index (χ4n) is 5.71. The average molecular weight is 612 g/mol. The van der Waals surface area contributed by atoms with Crippen molar-refractivity contribution in [1.82, 2.24) is 35.1 Å². The summed E-state index contributed by atoms with van der Waals surface area (Å²) in [5.74, 6) is 0.758. The molecule has 4 aromatic rings. The molecule has 2 aliphatic heterocycles. The molecule has 3 N–H and O–H groups in total. The van der Waals surface area contributed by atoms with Crippen LogP contribution in [-0.2, 0) is 16.1 Å². The van der Waals surface area contributed by atoms with Gasteiger partial charge in [-0.3, -0.25) is 19.5 Å². The van der Waals surface area contributed by atoms with Gasteiger partial charge in [-0.15, -0.1) is 0 Å². The third-order valence-corrected chi connectivity index (χ3v) is 8.39. The van der Waals surface area contributed by atoms with Crippen molar-refractivity contribution in [3.05, 3.63) is 66.2 Å². The monoisotopic (exact) mass is 611 g/mol. The zero-order valence-electron chi connectivity index (χ0n) is 26.1. The second-order valence-corrected chi connectivity index (χ2v) is 12.2. The van der Waals surface area contributed by atoms with Crippen LogP contribution in [0.5, 0.6) is 0 Å². The summed E-state index contributed by atoms with van der Waals surface area (Å²) in [5.41, 5.74) is 4.75. The minimum Gasteiger partial charge on any atom is -0.378 e. The smallest absolute Gasteiger partial charge is 0.274 e. The van der Waals surface area contributed by atoms with Crippen LogP contribution in [0, 0.1) is 5.92 Å². The Balaban J connectivity index is 1.02. The van der Waals surface area contributed by atoms with E-state index in [0.29, 0.717) is 31.1 Å². The molecule has 1 aromatic carbocycles. The number of anilines is 2. The van der Waals surface area contributed by atoms with Gasteiger partial charge in [-0.05, 0) is 68.5 Å². The van der Waals surface area contributed by atoms with Crippen molar-refractivity contribution >= 4 is 34.4 Å². The number of fused-ring (bicyclic) bond motifs is 1. The van der Waals surface area contributed by atoms with Gasteiger partial charge < -0.3 is 30.2 Å². The van der Waals surface area contributed by atoms with Gasteiger partial charge in [0, 0.05) is 56.2 Å².